The Balaban J connectivity index is 1.40. The SMILES string of the molecule is O=c1n(-c2cccc3ccccc23)c(O)c2n1C1CC2N(C(=S)Nc2c(F)cccc2F)C1. The fourth-order valence-electron chi connectivity index (χ4n) is 5.09. The highest BCUT2D eigenvalue weighted by atomic mass is 32.1. The maximum absolute atomic E-state index is 14.1. The minimum absolute atomic E-state index is 0.141. The summed E-state index contributed by atoms with van der Waals surface area (Å²) >= 11 is 5.45. The number of likely N-dealkylation sites (tertiary alicyclic amines) is 1. The van der Waals surface area contributed by atoms with Gasteiger partial charge in [0.25, 0.3) is 0 Å². The van der Waals surface area contributed by atoms with Crippen LogP contribution in [-0.2, 0) is 0 Å². The van der Waals surface area contributed by atoms with Crippen LogP contribution in [0.1, 0.15) is 24.2 Å². The number of anilines is 1. The summed E-state index contributed by atoms with van der Waals surface area (Å²) in [6.45, 7) is 0.401. The van der Waals surface area contributed by atoms with Gasteiger partial charge in [0.2, 0.25) is 5.88 Å². The second kappa shape index (κ2) is 7.14. The molecular formula is C24H18F2N4O2S. The molecule has 2 atom stereocenters. The highest BCUT2D eigenvalue weighted by Crippen LogP contribution is 2.49. The molecule has 2 aliphatic heterocycles. The van der Waals surface area contributed by atoms with Gasteiger partial charge in [-0.3, -0.25) is 4.57 Å². The van der Waals surface area contributed by atoms with Crippen molar-refractivity contribution in [2.75, 3.05) is 11.9 Å². The van der Waals surface area contributed by atoms with E-state index in [1.54, 1.807) is 15.5 Å². The van der Waals surface area contributed by atoms with Crippen LogP contribution in [0.4, 0.5) is 14.5 Å². The van der Waals surface area contributed by atoms with Gasteiger partial charge >= 0.3 is 5.69 Å². The Kier molecular flexibility index (Phi) is 4.31. The summed E-state index contributed by atoms with van der Waals surface area (Å²) < 4.78 is 31.1. The van der Waals surface area contributed by atoms with Gasteiger partial charge in [-0.05, 0) is 42.2 Å². The molecule has 2 aliphatic rings. The number of nitrogens with zero attached hydrogens (tertiary/aromatic N) is 3. The fraction of sp³-hybridized carbons (Fsp3) is 0.167. The zero-order valence-corrected chi connectivity index (χ0v) is 18.0. The lowest BCUT2D eigenvalue weighted by molar-refractivity contribution is 0.341. The van der Waals surface area contributed by atoms with E-state index in [2.05, 4.69) is 5.32 Å². The van der Waals surface area contributed by atoms with Crippen LogP contribution in [0.15, 0.2) is 65.5 Å². The van der Waals surface area contributed by atoms with Gasteiger partial charge in [-0.1, -0.05) is 42.5 Å². The quantitative estimate of drug-likeness (QED) is 0.429. The summed E-state index contributed by atoms with van der Waals surface area (Å²) in [6.07, 6.45) is 0.579. The van der Waals surface area contributed by atoms with Gasteiger partial charge in [0.15, 0.2) is 5.11 Å². The number of rotatable bonds is 2. The summed E-state index contributed by atoms with van der Waals surface area (Å²) in [5.74, 6) is -1.64. The van der Waals surface area contributed by atoms with Gasteiger partial charge in [0, 0.05) is 11.9 Å². The van der Waals surface area contributed by atoms with Crippen molar-refractivity contribution in [2.24, 2.45) is 0 Å². The van der Waals surface area contributed by atoms with E-state index in [-0.39, 0.29) is 34.5 Å². The van der Waals surface area contributed by atoms with Gasteiger partial charge in [-0.25, -0.2) is 18.1 Å². The lowest BCUT2D eigenvalue weighted by atomic mass is 10.1. The van der Waals surface area contributed by atoms with Crippen LogP contribution < -0.4 is 11.0 Å². The van der Waals surface area contributed by atoms with Gasteiger partial charge < -0.3 is 15.3 Å². The first-order chi connectivity index (χ1) is 16.0. The molecule has 4 aromatic rings. The first-order valence-corrected chi connectivity index (χ1v) is 10.9. The molecule has 9 heteroatoms. The van der Waals surface area contributed by atoms with Crippen LogP contribution in [-0.4, -0.2) is 30.8 Å². The van der Waals surface area contributed by atoms with Crippen LogP contribution in [0, 0.1) is 11.6 Å². The van der Waals surface area contributed by atoms with Crippen molar-refractivity contribution < 1.29 is 13.9 Å². The van der Waals surface area contributed by atoms with Crippen LogP contribution in [0.3, 0.4) is 0 Å². The van der Waals surface area contributed by atoms with Crippen molar-refractivity contribution in [2.45, 2.75) is 18.5 Å². The molecule has 2 bridgehead atoms. The van der Waals surface area contributed by atoms with E-state index >= 15 is 0 Å². The van der Waals surface area contributed by atoms with E-state index in [1.807, 2.05) is 36.4 Å². The van der Waals surface area contributed by atoms with Gasteiger partial charge in [0.05, 0.1) is 17.8 Å². The topological polar surface area (TPSA) is 62.4 Å². The number of fused-ring (bicyclic) bond motifs is 6. The first-order valence-electron chi connectivity index (χ1n) is 10.5. The average molecular weight is 464 g/mol. The molecule has 3 heterocycles. The molecule has 2 unspecified atom stereocenters. The molecule has 0 radical (unpaired) electrons. The van der Waals surface area contributed by atoms with Crippen molar-refractivity contribution in [1.82, 2.24) is 14.0 Å². The summed E-state index contributed by atoms with van der Waals surface area (Å²) in [5.41, 5.74) is 0.421. The van der Waals surface area contributed by atoms with E-state index in [4.69, 9.17) is 12.2 Å². The number of benzene rings is 3. The Morgan fingerprint density at radius 3 is 2.52 bits per heavy atom. The van der Waals surface area contributed by atoms with Crippen LogP contribution >= 0.6 is 12.2 Å². The molecule has 33 heavy (non-hydrogen) atoms. The van der Waals surface area contributed by atoms with Gasteiger partial charge in [0.1, 0.15) is 23.0 Å². The first kappa shape index (κ1) is 19.9. The predicted molar refractivity (Wildman–Crippen MR) is 125 cm³/mol. The van der Waals surface area contributed by atoms with Gasteiger partial charge in [-0.15, -0.1) is 0 Å². The van der Waals surface area contributed by atoms with E-state index in [0.717, 1.165) is 22.9 Å². The largest absolute Gasteiger partial charge is 0.493 e. The van der Waals surface area contributed by atoms with Crippen molar-refractivity contribution in [3.05, 3.63) is 88.5 Å². The Hall–Kier alpha value is -3.72. The molecule has 6 rings (SSSR count). The zero-order valence-electron chi connectivity index (χ0n) is 17.2. The van der Waals surface area contributed by atoms with E-state index in [0.29, 0.717) is 24.3 Å². The maximum atomic E-state index is 14.1. The highest BCUT2D eigenvalue weighted by molar-refractivity contribution is 7.80. The van der Waals surface area contributed by atoms with Crippen molar-refractivity contribution in [3.8, 4) is 11.6 Å². The number of hydrogen-bond acceptors (Lipinski definition) is 3. The average Bonchev–Trinajstić information content (AvgIpc) is 3.47. The summed E-state index contributed by atoms with van der Waals surface area (Å²) in [7, 11) is 0. The number of halogens is 2. The standard InChI is InChI=1S/C24H18F2N4O2S/c25-16-8-4-9-17(26)20(16)27-23(33)28-12-14-11-19(28)21-22(31)30(24(32)29(14)21)18-10-3-6-13-5-1-2-7-15(13)18/h1-10,14,19,31H,11-12H2,(H,27,33). The summed E-state index contributed by atoms with van der Waals surface area (Å²) in [4.78, 5) is 15.1. The van der Waals surface area contributed by atoms with E-state index in [9.17, 15) is 18.7 Å². The van der Waals surface area contributed by atoms with Crippen LogP contribution in [0.5, 0.6) is 5.88 Å². The number of para-hydroxylation sites is 1. The molecule has 166 valence electrons. The normalized spacial score (nSPS) is 18.7. The van der Waals surface area contributed by atoms with Crippen molar-refractivity contribution in [3.63, 3.8) is 0 Å². The molecule has 0 amide bonds. The molecule has 1 saturated heterocycles. The number of imidazole rings is 1. The minimum atomic E-state index is -0.747. The van der Waals surface area contributed by atoms with Gasteiger partial charge in [-0.2, -0.15) is 0 Å². The number of aromatic hydroxyl groups is 1. The Morgan fingerprint density at radius 2 is 1.73 bits per heavy atom. The van der Waals surface area contributed by atoms with E-state index < -0.39 is 11.6 Å². The molecule has 1 fully saturated rings. The van der Waals surface area contributed by atoms with Crippen LogP contribution in [0.25, 0.3) is 16.5 Å². The van der Waals surface area contributed by atoms with Crippen LogP contribution in [0.2, 0.25) is 0 Å². The Labute approximate surface area is 192 Å². The molecule has 0 saturated carbocycles. The zero-order chi connectivity index (χ0) is 22.9. The molecule has 1 aromatic heterocycles. The molecule has 0 spiro atoms. The number of thiocarbonyl (C=S) groups is 1. The third kappa shape index (κ3) is 2.82. The highest BCUT2D eigenvalue weighted by Gasteiger charge is 2.48. The monoisotopic (exact) mass is 464 g/mol. The number of hydrogen-bond donors (Lipinski definition) is 2. The van der Waals surface area contributed by atoms with Crippen molar-refractivity contribution in [1.29, 1.82) is 0 Å². The Bertz CT molecular complexity index is 1490. The Morgan fingerprint density at radius 1 is 1.03 bits per heavy atom. The number of nitrogens with one attached hydrogen (secondary N) is 1. The lowest BCUT2D eigenvalue weighted by Gasteiger charge is -2.30. The smallest absolute Gasteiger partial charge is 0.336 e. The molecule has 0 aliphatic carbocycles. The molecule has 3 aromatic carbocycles. The van der Waals surface area contributed by atoms with Crippen molar-refractivity contribution >= 4 is 33.8 Å². The fourth-order valence-corrected chi connectivity index (χ4v) is 5.39. The maximum Gasteiger partial charge on any atom is 0.336 e. The third-order valence-electron chi connectivity index (χ3n) is 6.52. The lowest BCUT2D eigenvalue weighted by Crippen LogP contribution is -2.40. The van der Waals surface area contributed by atoms with E-state index in [1.165, 1.54) is 10.6 Å². The summed E-state index contributed by atoms with van der Waals surface area (Å²) in [5, 5.41) is 15.8. The molecular weight excluding hydrogens is 446 g/mol. The minimum Gasteiger partial charge on any atom is -0.493 e. The second-order valence-electron chi connectivity index (χ2n) is 8.28. The number of aromatic nitrogens is 2. The summed E-state index contributed by atoms with van der Waals surface area (Å²) in [6, 6.07) is 16.2. The third-order valence-corrected chi connectivity index (χ3v) is 6.86. The predicted octanol–water partition coefficient (Wildman–Crippen LogP) is 4.47. The second-order valence-corrected chi connectivity index (χ2v) is 8.67. The molecule has 6 nitrogen and oxygen atoms in total. The molecule has 2 N–H and O–H groups in total.